The van der Waals surface area contributed by atoms with Crippen molar-refractivity contribution in [2.75, 3.05) is 21.1 Å². The fraction of sp³-hybridized carbons (Fsp3) is 0.312. The molecule has 6 nitrogen and oxygen atoms in total. The Kier molecular flexibility index (Phi) is 4.60. The smallest absolute Gasteiger partial charge is 0.410 e. The highest BCUT2D eigenvalue weighted by Gasteiger charge is 2.35. The Morgan fingerprint density at radius 2 is 1.91 bits per heavy atom. The molecule has 1 aromatic rings. The zero-order valence-electron chi connectivity index (χ0n) is 12.8. The van der Waals surface area contributed by atoms with Gasteiger partial charge in [-0.15, -0.1) is 0 Å². The SMILES string of the molecule is CN(C)C(=O)O/C(=C\C1CC(=O)N(C)C1=O)c1ccccc1. The first-order chi connectivity index (χ1) is 10.4. The first kappa shape index (κ1) is 15.8. The number of ether oxygens (including phenoxy) is 1. The lowest BCUT2D eigenvalue weighted by molar-refractivity contribution is -0.137. The van der Waals surface area contributed by atoms with Crippen molar-refractivity contribution in [2.24, 2.45) is 5.92 Å². The van der Waals surface area contributed by atoms with Gasteiger partial charge in [-0.1, -0.05) is 30.3 Å². The van der Waals surface area contributed by atoms with Gasteiger partial charge in [-0.25, -0.2) is 4.79 Å². The molecule has 1 aliphatic rings. The van der Waals surface area contributed by atoms with E-state index >= 15 is 0 Å². The van der Waals surface area contributed by atoms with Crippen LogP contribution in [0.1, 0.15) is 12.0 Å². The number of benzene rings is 1. The third kappa shape index (κ3) is 3.33. The van der Waals surface area contributed by atoms with Crippen molar-refractivity contribution in [1.29, 1.82) is 0 Å². The van der Waals surface area contributed by atoms with Gasteiger partial charge in [-0.05, 0) is 6.08 Å². The van der Waals surface area contributed by atoms with E-state index in [1.54, 1.807) is 44.4 Å². The molecule has 6 heteroatoms. The van der Waals surface area contributed by atoms with Gasteiger partial charge in [0.25, 0.3) is 0 Å². The molecule has 0 radical (unpaired) electrons. The topological polar surface area (TPSA) is 66.9 Å². The molecule has 22 heavy (non-hydrogen) atoms. The maximum atomic E-state index is 12.0. The third-order valence-electron chi connectivity index (χ3n) is 3.39. The van der Waals surface area contributed by atoms with E-state index < -0.39 is 12.0 Å². The van der Waals surface area contributed by atoms with E-state index in [1.807, 2.05) is 6.07 Å². The predicted octanol–water partition coefficient (Wildman–Crippen LogP) is 1.73. The second kappa shape index (κ2) is 6.43. The molecular formula is C16H18N2O4. The van der Waals surface area contributed by atoms with E-state index in [9.17, 15) is 14.4 Å². The molecule has 0 saturated carbocycles. The van der Waals surface area contributed by atoms with Gasteiger partial charge in [-0.3, -0.25) is 14.5 Å². The predicted molar refractivity (Wildman–Crippen MR) is 80.5 cm³/mol. The van der Waals surface area contributed by atoms with E-state index in [-0.39, 0.29) is 24.0 Å². The quantitative estimate of drug-likeness (QED) is 0.630. The van der Waals surface area contributed by atoms with Crippen molar-refractivity contribution in [3.05, 3.63) is 42.0 Å². The normalized spacial score (nSPS) is 18.6. The molecule has 1 unspecified atom stereocenters. The van der Waals surface area contributed by atoms with Crippen molar-refractivity contribution in [2.45, 2.75) is 6.42 Å². The molecule has 0 N–H and O–H groups in total. The number of carbonyl (C=O) groups is 3. The van der Waals surface area contributed by atoms with Crippen molar-refractivity contribution in [3.63, 3.8) is 0 Å². The van der Waals surface area contributed by atoms with E-state index in [0.717, 1.165) is 4.90 Å². The Morgan fingerprint density at radius 1 is 1.27 bits per heavy atom. The van der Waals surface area contributed by atoms with Gasteiger partial charge in [0, 0.05) is 33.1 Å². The highest BCUT2D eigenvalue weighted by molar-refractivity contribution is 6.04. The molecule has 1 aromatic carbocycles. The summed E-state index contributed by atoms with van der Waals surface area (Å²) in [6, 6.07) is 9.01. The van der Waals surface area contributed by atoms with Crippen molar-refractivity contribution in [1.82, 2.24) is 9.80 Å². The van der Waals surface area contributed by atoms with Crippen LogP contribution >= 0.6 is 0 Å². The maximum Gasteiger partial charge on any atom is 0.414 e. The van der Waals surface area contributed by atoms with Crippen LogP contribution in [0.15, 0.2) is 36.4 Å². The summed E-state index contributed by atoms with van der Waals surface area (Å²) in [7, 11) is 4.60. The number of hydrogen-bond donors (Lipinski definition) is 0. The Hall–Kier alpha value is -2.63. The highest BCUT2D eigenvalue weighted by Crippen LogP contribution is 2.25. The van der Waals surface area contributed by atoms with Crippen molar-refractivity contribution in [3.8, 4) is 0 Å². The standard InChI is InChI=1S/C16H18N2O4/c1-17(2)16(21)22-13(11-7-5-4-6-8-11)9-12-10-14(19)18(3)15(12)20/h4-9,12H,10H2,1-3H3/b13-9-. The minimum atomic E-state index is -0.609. The molecule has 2 rings (SSSR count). The van der Waals surface area contributed by atoms with Gasteiger partial charge in [0.2, 0.25) is 11.8 Å². The Morgan fingerprint density at radius 3 is 2.41 bits per heavy atom. The number of likely N-dealkylation sites (tertiary alicyclic amines) is 1. The monoisotopic (exact) mass is 302 g/mol. The van der Waals surface area contributed by atoms with E-state index in [1.165, 1.54) is 11.9 Å². The van der Waals surface area contributed by atoms with Gasteiger partial charge < -0.3 is 9.64 Å². The van der Waals surface area contributed by atoms with Crippen LogP contribution in [0.2, 0.25) is 0 Å². The zero-order valence-corrected chi connectivity index (χ0v) is 12.8. The second-order valence-corrected chi connectivity index (χ2v) is 5.26. The largest absolute Gasteiger partial charge is 0.414 e. The molecule has 1 fully saturated rings. The van der Waals surface area contributed by atoms with E-state index in [4.69, 9.17) is 4.74 Å². The van der Waals surface area contributed by atoms with Crippen LogP contribution < -0.4 is 0 Å². The van der Waals surface area contributed by atoms with E-state index in [2.05, 4.69) is 0 Å². The minimum Gasteiger partial charge on any atom is -0.410 e. The molecular weight excluding hydrogens is 284 g/mol. The number of nitrogens with zero attached hydrogens (tertiary/aromatic N) is 2. The molecule has 116 valence electrons. The molecule has 1 aliphatic heterocycles. The van der Waals surface area contributed by atoms with Gasteiger partial charge in [-0.2, -0.15) is 0 Å². The van der Waals surface area contributed by atoms with Crippen molar-refractivity contribution < 1.29 is 19.1 Å². The van der Waals surface area contributed by atoms with Crippen LogP contribution in [0.5, 0.6) is 0 Å². The fourth-order valence-electron chi connectivity index (χ4n) is 2.07. The summed E-state index contributed by atoms with van der Waals surface area (Å²) in [6.07, 6.45) is 1.09. The van der Waals surface area contributed by atoms with Crippen LogP contribution in [-0.2, 0) is 14.3 Å². The number of rotatable bonds is 3. The fourth-order valence-corrected chi connectivity index (χ4v) is 2.07. The molecule has 1 saturated heterocycles. The summed E-state index contributed by atoms with van der Waals surface area (Å²) in [5, 5.41) is 0. The lowest BCUT2D eigenvalue weighted by Gasteiger charge is -2.15. The van der Waals surface area contributed by atoms with Crippen LogP contribution in [0, 0.1) is 5.92 Å². The van der Waals surface area contributed by atoms with Crippen LogP contribution in [0.3, 0.4) is 0 Å². The number of amides is 3. The Bertz CT molecular complexity index is 622. The Labute approximate surface area is 129 Å². The molecule has 1 atom stereocenters. The van der Waals surface area contributed by atoms with Gasteiger partial charge in [0.1, 0.15) is 5.76 Å². The van der Waals surface area contributed by atoms with Crippen molar-refractivity contribution >= 4 is 23.7 Å². The van der Waals surface area contributed by atoms with Crippen LogP contribution in [-0.4, -0.2) is 48.9 Å². The average molecular weight is 302 g/mol. The highest BCUT2D eigenvalue weighted by atomic mass is 16.6. The molecule has 0 spiro atoms. The summed E-state index contributed by atoms with van der Waals surface area (Å²) in [5.41, 5.74) is 0.674. The summed E-state index contributed by atoms with van der Waals surface area (Å²) < 4.78 is 5.34. The van der Waals surface area contributed by atoms with Gasteiger partial charge in [0.15, 0.2) is 0 Å². The second-order valence-electron chi connectivity index (χ2n) is 5.26. The number of carbonyl (C=O) groups excluding carboxylic acids is 3. The summed E-state index contributed by atoms with van der Waals surface area (Å²) >= 11 is 0. The number of hydrogen-bond acceptors (Lipinski definition) is 4. The summed E-state index contributed by atoms with van der Waals surface area (Å²) in [6.45, 7) is 0. The zero-order chi connectivity index (χ0) is 16.3. The summed E-state index contributed by atoms with van der Waals surface area (Å²) in [4.78, 5) is 37.8. The summed E-state index contributed by atoms with van der Waals surface area (Å²) in [5.74, 6) is -0.861. The lowest BCUT2D eigenvalue weighted by atomic mass is 10.0. The van der Waals surface area contributed by atoms with Gasteiger partial charge >= 0.3 is 6.09 Å². The average Bonchev–Trinajstić information content (AvgIpc) is 2.74. The first-order valence-electron chi connectivity index (χ1n) is 6.87. The Balaban J connectivity index is 2.32. The molecule has 1 heterocycles. The first-order valence-corrected chi connectivity index (χ1v) is 6.87. The molecule has 3 amide bonds. The van der Waals surface area contributed by atoms with Crippen LogP contribution in [0.4, 0.5) is 4.79 Å². The van der Waals surface area contributed by atoms with Crippen LogP contribution in [0.25, 0.3) is 5.76 Å². The van der Waals surface area contributed by atoms with Gasteiger partial charge in [0.05, 0.1) is 5.92 Å². The molecule has 0 aliphatic carbocycles. The maximum absolute atomic E-state index is 12.0. The third-order valence-corrected chi connectivity index (χ3v) is 3.39. The van der Waals surface area contributed by atoms with E-state index in [0.29, 0.717) is 5.56 Å². The minimum absolute atomic E-state index is 0.0885. The number of imide groups is 1. The molecule has 0 aromatic heterocycles. The lowest BCUT2D eigenvalue weighted by Crippen LogP contribution is -2.25. The molecule has 0 bridgehead atoms.